The molecule has 3 atom stereocenters. The molecule has 1 N–H and O–H groups in total. The zero-order valence-electron chi connectivity index (χ0n) is 16.9. The zero-order valence-corrected chi connectivity index (χ0v) is 16.9. The van der Waals surface area contributed by atoms with Gasteiger partial charge in [-0.3, -0.25) is 9.48 Å². The Bertz CT molecular complexity index is 801. The molecule has 1 aromatic heterocycles. The Kier molecular flexibility index (Phi) is 5.85. The summed E-state index contributed by atoms with van der Waals surface area (Å²) in [5.74, 6) is 1.36. The fourth-order valence-corrected chi connectivity index (χ4v) is 4.03. The number of carbonyl (C=O) groups excluding carboxylic acids is 1. The minimum atomic E-state index is 0.0807. The summed E-state index contributed by atoms with van der Waals surface area (Å²) in [5.41, 5.74) is 3.46. The maximum Gasteiger partial charge on any atom is 0.223 e. The van der Waals surface area contributed by atoms with Crippen molar-refractivity contribution >= 4 is 5.91 Å². The van der Waals surface area contributed by atoms with Gasteiger partial charge in [0.25, 0.3) is 0 Å². The molecule has 1 saturated heterocycles. The third-order valence-corrected chi connectivity index (χ3v) is 5.73. The maximum absolute atomic E-state index is 12.4. The molecule has 0 spiro atoms. The van der Waals surface area contributed by atoms with Crippen LogP contribution >= 0.6 is 0 Å². The van der Waals surface area contributed by atoms with Crippen LogP contribution in [0.4, 0.5) is 0 Å². The van der Waals surface area contributed by atoms with E-state index < -0.39 is 0 Å². The molecule has 1 amide bonds. The van der Waals surface area contributed by atoms with Crippen molar-refractivity contribution in [3.8, 4) is 5.75 Å². The van der Waals surface area contributed by atoms with Gasteiger partial charge in [0.2, 0.25) is 5.91 Å². The predicted octanol–water partition coefficient (Wildman–Crippen LogP) is 2.48. The van der Waals surface area contributed by atoms with Gasteiger partial charge in [-0.25, -0.2) is 0 Å². The molecule has 1 aliphatic rings. The quantitative estimate of drug-likeness (QED) is 0.813. The summed E-state index contributed by atoms with van der Waals surface area (Å²) in [6, 6.07) is 8.49. The molecule has 0 bridgehead atoms. The minimum Gasteiger partial charge on any atom is -0.496 e. The number of likely N-dealkylation sites (tertiary alicyclic amines) is 1. The number of hydrogen-bond donors (Lipinski definition) is 1. The number of rotatable bonds is 7. The van der Waals surface area contributed by atoms with Gasteiger partial charge in [-0.1, -0.05) is 18.2 Å². The van der Waals surface area contributed by atoms with Crippen molar-refractivity contribution in [1.82, 2.24) is 20.0 Å². The van der Waals surface area contributed by atoms with E-state index in [0.29, 0.717) is 6.42 Å². The van der Waals surface area contributed by atoms with Crippen LogP contribution in [0, 0.1) is 12.8 Å². The Morgan fingerprint density at radius 3 is 2.74 bits per heavy atom. The number of ether oxygens (including phenoxy) is 1. The average Bonchev–Trinajstić information content (AvgIpc) is 3.13. The second-order valence-electron chi connectivity index (χ2n) is 7.55. The van der Waals surface area contributed by atoms with Gasteiger partial charge in [0.15, 0.2) is 0 Å². The summed E-state index contributed by atoms with van der Waals surface area (Å²) < 4.78 is 7.33. The summed E-state index contributed by atoms with van der Waals surface area (Å²) >= 11 is 0. The summed E-state index contributed by atoms with van der Waals surface area (Å²) in [4.78, 5) is 14.2. The van der Waals surface area contributed by atoms with Crippen molar-refractivity contribution in [2.24, 2.45) is 13.0 Å². The number of amides is 1. The number of aromatic nitrogens is 2. The molecule has 1 unspecified atom stereocenters. The topological polar surface area (TPSA) is 59.4 Å². The van der Waals surface area contributed by atoms with E-state index in [2.05, 4.69) is 30.3 Å². The third kappa shape index (κ3) is 4.00. The smallest absolute Gasteiger partial charge is 0.223 e. The van der Waals surface area contributed by atoms with E-state index >= 15 is 0 Å². The first-order chi connectivity index (χ1) is 12.9. The molecule has 27 heavy (non-hydrogen) atoms. The highest BCUT2D eigenvalue weighted by atomic mass is 16.5. The molecule has 1 aliphatic heterocycles. The third-order valence-electron chi connectivity index (χ3n) is 5.73. The predicted molar refractivity (Wildman–Crippen MR) is 106 cm³/mol. The van der Waals surface area contributed by atoms with E-state index in [1.165, 1.54) is 5.56 Å². The van der Waals surface area contributed by atoms with Gasteiger partial charge in [0.05, 0.1) is 19.3 Å². The first-order valence-electron chi connectivity index (χ1n) is 9.51. The molecule has 146 valence electrons. The van der Waals surface area contributed by atoms with Gasteiger partial charge in [0.1, 0.15) is 5.75 Å². The lowest BCUT2D eigenvalue weighted by molar-refractivity contribution is -0.127. The van der Waals surface area contributed by atoms with Crippen LogP contribution in [-0.2, 0) is 18.3 Å². The number of hydrogen-bond acceptors (Lipinski definition) is 4. The number of nitrogens with one attached hydrogen (secondary N) is 1. The van der Waals surface area contributed by atoms with Gasteiger partial charge in [-0.05, 0) is 31.9 Å². The number of benzene rings is 1. The van der Waals surface area contributed by atoms with Crippen molar-refractivity contribution in [3.05, 3.63) is 47.3 Å². The van der Waals surface area contributed by atoms with Crippen molar-refractivity contribution in [3.63, 3.8) is 0 Å². The Labute approximate surface area is 161 Å². The zero-order chi connectivity index (χ0) is 19.6. The van der Waals surface area contributed by atoms with E-state index in [-0.39, 0.29) is 23.9 Å². The maximum atomic E-state index is 12.4. The molecule has 0 radical (unpaired) electrons. The number of aryl methyl sites for hydroxylation is 1. The molecule has 2 aromatic rings. The Balaban J connectivity index is 1.67. The highest BCUT2D eigenvalue weighted by molar-refractivity contribution is 5.79. The van der Waals surface area contributed by atoms with Gasteiger partial charge in [0, 0.05) is 50.3 Å². The lowest BCUT2D eigenvalue weighted by Gasteiger charge is -2.26. The van der Waals surface area contributed by atoms with Crippen molar-refractivity contribution < 1.29 is 9.53 Å². The first-order valence-corrected chi connectivity index (χ1v) is 9.51. The molecule has 1 aromatic carbocycles. The fraction of sp³-hybridized carbons (Fsp3) is 0.524. The van der Waals surface area contributed by atoms with Crippen molar-refractivity contribution in [1.29, 1.82) is 0 Å². The monoisotopic (exact) mass is 370 g/mol. The summed E-state index contributed by atoms with van der Waals surface area (Å²) in [5, 5.41) is 8.00. The molecule has 2 heterocycles. The second-order valence-corrected chi connectivity index (χ2v) is 7.55. The van der Waals surface area contributed by atoms with E-state index in [0.717, 1.165) is 30.0 Å². The summed E-state index contributed by atoms with van der Waals surface area (Å²) in [7, 11) is 5.55. The largest absolute Gasteiger partial charge is 0.496 e. The number of nitrogens with zero attached hydrogens (tertiary/aromatic N) is 3. The number of para-hydroxylation sites is 1. The van der Waals surface area contributed by atoms with Crippen LogP contribution in [0.2, 0.25) is 0 Å². The lowest BCUT2D eigenvalue weighted by Crippen LogP contribution is -2.35. The van der Waals surface area contributed by atoms with Crippen LogP contribution in [0.15, 0.2) is 30.5 Å². The van der Waals surface area contributed by atoms with Crippen LogP contribution in [0.25, 0.3) is 0 Å². The van der Waals surface area contributed by atoms with Crippen LogP contribution in [0.5, 0.6) is 5.75 Å². The molecular formula is C21H30N4O2. The summed E-state index contributed by atoms with van der Waals surface area (Å²) in [6.45, 7) is 5.04. The van der Waals surface area contributed by atoms with E-state index in [9.17, 15) is 4.79 Å². The SMILES string of the molecule is COc1ccccc1CC(C)NC[C@@H]1CC(=O)N(C)[C@H]1c1cnn(C)c1C. The molecular weight excluding hydrogens is 340 g/mol. The average molecular weight is 370 g/mol. The standard InChI is InChI=1S/C21H30N4O2/c1-14(10-16-8-6-7-9-19(16)27-5)22-12-17-11-20(26)24(3)21(17)18-13-23-25(4)15(18)2/h6-9,13-14,17,21-22H,10-12H2,1-5H3/t14?,17-,21+/m0/s1. The molecule has 0 aliphatic carbocycles. The first kappa shape index (κ1) is 19.4. The Morgan fingerprint density at radius 2 is 2.07 bits per heavy atom. The van der Waals surface area contributed by atoms with E-state index in [1.807, 2.05) is 48.1 Å². The second kappa shape index (κ2) is 8.13. The normalized spacial score (nSPS) is 20.9. The highest BCUT2D eigenvalue weighted by Crippen LogP contribution is 2.37. The van der Waals surface area contributed by atoms with E-state index in [4.69, 9.17) is 4.74 Å². The lowest BCUT2D eigenvalue weighted by atomic mass is 9.93. The van der Waals surface area contributed by atoms with E-state index in [1.54, 1.807) is 7.11 Å². The highest BCUT2D eigenvalue weighted by Gasteiger charge is 2.39. The van der Waals surface area contributed by atoms with Crippen molar-refractivity contribution in [2.45, 2.75) is 38.8 Å². The molecule has 3 rings (SSSR count). The number of methoxy groups -OCH3 is 1. The van der Waals surface area contributed by atoms with Crippen LogP contribution in [0.3, 0.4) is 0 Å². The van der Waals surface area contributed by atoms with Crippen LogP contribution in [0.1, 0.15) is 36.2 Å². The Morgan fingerprint density at radius 1 is 1.33 bits per heavy atom. The van der Waals surface area contributed by atoms with Gasteiger partial charge >= 0.3 is 0 Å². The van der Waals surface area contributed by atoms with Gasteiger partial charge in [-0.15, -0.1) is 0 Å². The fourth-order valence-electron chi connectivity index (χ4n) is 4.03. The minimum absolute atomic E-state index is 0.0807. The number of carbonyl (C=O) groups is 1. The van der Waals surface area contributed by atoms with Crippen LogP contribution < -0.4 is 10.1 Å². The molecule has 0 saturated carbocycles. The van der Waals surface area contributed by atoms with Crippen molar-refractivity contribution in [2.75, 3.05) is 20.7 Å². The molecule has 6 nitrogen and oxygen atoms in total. The van der Waals surface area contributed by atoms with Crippen LogP contribution in [-0.4, -0.2) is 47.3 Å². The summed E-state index contributed by atoms with van der Waals surface area (Å²) in [6.07, 6.45) is 3.36. The van der Waals surface area contributed by atoms with Gasteiger partial charge in [-0.2, -0.15) is 5.10 Å². The van der Waals surface area contributed by atoms with Gasteiger partial charge < -0.3 is 15.0 Å². The molecule has 1 fully saturated rings. The molecule has 6 heteroatoms. The Hall–Kier alpha value is -2.34.